The molecule has 1 fully saturated rings. The summed E-state index contributed by atoms with van der Waals surface area (Å²) < 4.78 is 11.1. The first kappa shape index (κ1) is 14.6. The molecule has 1 N–H and O–H groups in total. The fourth-order valence-electron chi connectivity index (χ4n) is 2.96. The van der Waals surface area contributed by atoms with Crippen LogP contribution in [0.1, 0.15) is 31.4 Å². The molecule has 3 unspecified atom stereocenters. The van der Waals surface area contributed by atoms with Gasteiger partial charge >= 0.3 is 0 Å². The summed E-state index contributed by atoms with van der Waals surface area (Å²) in [6, 6.07) is 6.27. The van der Waals surface area contributed by atoms with Crippen molar-refractivity contribution >= 4 is 11.6 Å². The molecule has 1 aromatic rings. The van der Waals surface area contributed by atoms with Gasteiger partial charge in [-0.15, -0.1) is 0 Å². The van der Waals surface area contributed by atoms with Gasteiger partial charge in [0.05, 0.1) is 18.2 Å². The van der Waals surface area contributed by atoms with Gasteiger partial charge in [-0.2, -0.15) is 0 Å². The maximum Gasteiger partial charge on any atom is 0.137 e. The standard InChI is InChI=1S/C15H22ClNO2/c1-4-13-11(7-8-19-13)15(17-2)10-5-6-12(16)14(9-10)18-3/h5-6,9,11,13,15,17H,4,7-8H2,1-3H3. The van der Waals surface area contributed by atoms with Crippen molar-refractivity contribution in [2.24, 2.45) is 5.92 Å². The zero-order valence-corrected chi connectivity index (χ0v) is 12.5. The molecule has 1 aliphatic heterocycles. The molecule has 19 heavy (non-hydrogen) atoms. The predicted molar refractivity (Wildman–Crippen MR) is 77.9 cm³/mol. The highest BCUT2D eigenvalue weighted by atomic mass is 35.5. The van der Waals surface area contributed by atoms with Gasteiger partial charge in [0.1, 0.15) is 5.75 Å². The number of methoxy groups -OCH3 is 1. The Morgan fingerprint density at radius 3 is 2.95 bits per heavy atom. The van der Waals surface area contributed by atoms with Gasteiger partial charge in [-0.05, 0) is 37.6 Å². The van der Waals surface area contributed by atoms with E-state index in [0.717, 1.165) is 25.2 Å². The minimum atomic E-state index is 0.276. The highest BCUT2D eigenvalue weighted by Crippen LogP contribution is 2.37. The third kappa shape index (κ3) is 3.04. The van der Waals surface area contributed by atoms with Crippen LogP contribution in [0.3, 0.4) is 0 Å². The van der Waals surface area contributed by atoms with Crippen LogP contribution in [0.4, 0.5) is 0 Å². The molecule has 0 saturated carbocycles. The molecule has 0 aromatic heterocycles. The van der Waals surface area contributed by atoms with E-state index in [-0.39, 0.29) is 6.04 Å². The van der Waals surface area contributed by atoms with Crippen molar-refractivity contribution in [1.82, 2.24) is 5.32 Å². The summed E-state index contributed by atoms with van der Waals surface area (Å²) in [6.45, 7) is 3.03. The molecule has 3 atom stereocenters. The zero-order valence-electron chi connectivity index (χ0n) is 11.8. The lowest BCUT2D eigenvalue weighted by Gasteiger charge is -2.27. The lowest BCUT2D eigenvalue weighted by atomic mass is 9.87. The van der Waals surface area contributed by atoms with Gasteiger partial charge in [0.15, 0.2) is 0 Å². The third-order valence-corrected chi connectivity index (χ3v) is 4.25. The van der Waals surface area contributed by atoms with Crippen LogP contribution < -0.4 is 10.1 Å². The van der Waals surface area contributed by atoms with Crippen LogP contribution in [-0.4, -0.2) is 26.9 Å². The second-order valence-electron chi connectivity index (χ2n) is 4.93. The molecule has 3 nitrogen and oxygen atoms in total. The summed E-state index contributed by atoms with van der Waals surface area (Å²) in [4.78, 5) is 0. The summed E-state index contributed by atoms with van der Waals surface area (Å²) >= 11 is 6.09. The number of hydrogen-bond donors (Lipinski definition) is 1. The molecule has 1 aliphatic rings. The number of benzene rings is 1. The van der Waals surface area contributed by atoms with Gasteiger partial charge in [-0.25, -0.2) is 0 Å². The van der Waals surface area contributed by atoms with Gasteiger partial charge in [0, 0.05) is 18.6 Å². The molecule has 1 aromatic carbocycles. The summed E-state index contributed by atoms with van der Waals surface area (Å²) in [6.07, 6.45) is 2.47. The number of halogens is 1. The Kier molecular flexibility index (Phi) is 5.08. The van der Waals surface area contributed by atoms with Crippen LogP contribution in [0.25, 0.3) is 0 Å². The smallest absolute Gasteiger partial charge is 0.137 e. The Hall–Kier alpha value is -0.770. The predicted octanol–water partition coefficient (Wildman–Crippen LogP) is 3.42. The summed E-state index contributed by atoms with van der Waals surface area (Å²) in [7, 11) is 3.64. The number of hydrogen-bond acceptors (Lipinski definition) is 3. The van der Waals surface area contributed by atoms with Gasteiger partial charge in [0.25, 0.3) is 0 Å². The zero-order chi connectivity index (χ0) is 13.8. The largest absolute Gasteiger partial charge is 0.495 e. The molecule has 0 aliphatic carbocycles. The first-order chi connectivity index (χ1) is 9.21. The first-order valence-corrected chi connectivity index (χ1v) is 7.21. The van der Waals surface area contributed by atoms with Crippen molar-refractivity contribution in [3.05, 3.63) is 28.8 Å². The van der Waals surface area contributed by atoms with E-state index in [4.69, 9.17) is 21.1 Å². The van der Waals surface area contributed by atoms with Crippen LogP contribution in [0.15, 0.2) is 18.2 Å². The van der Waals surface area contributed by atoms with Crippen LogP contribution in [0.2, 0.25) is 5.02 Å². The molecule has 106 valence electrons. The topological polar surface area (TPSA) is 30.5 Å². The third-order valence-electron chi connectivity index (χ3n) is 3.94. The van der Waals surface area contributed by atoms with E-state index in [9.17, 15) is 0 Å². The lowest BCUT2D eigenvalue weighted by Crippen LogP contribution is -2.30. The fourth-order valence-corrected chi connectivity index (χ4v) is 3.16. The Morgan fingerprint density at radius 2 is 2.32 bits per heavy atom. The van der Waals surface area contributed by atoms with E-state index < -0.39 is 0 Å². The maximum absolute atomic E-state index is 6.09. The van der Waals surface area contributed by atoms with Crippen LogP contribution in [0.5, 0.6) is 5.75 Å². The molecule has 0 amide bonds. The normalized spacial score (nSPS) is 24.4. The monoisotopic (exact) mass is 283 g/mol. The molecule has 0 bridgehead atoms. The van der Waals surface area contributed by atoms with E-state index >= 15 is 0 Å². The second kappa shape index (κ2) is 6.60. The van der Waals surface area contributed by atoms with Gasteiger partial charge in [0.2, 0.25) is 0 Å². The van der Waals surface area contributed by atoms with Crippen LogP contribution in [-0.2, 0) is 4.74 Å². The first-order valence-electron chi connectivity index (χ1n) is 6.83. The van der Waals surface area contributed by atoms with Crippen molar-refractivity contribution in [2.45, 2.75) is 31.9 Å². The fraction of sp³-hybridized carbons (Fsp3) is 0.600. The van der Waals surface area contributed by atoms with Gasteiger partial charge in [-0.1, -0.05) is 24.6 Å². The molecule has 1 saturated heterocycles. The maximum atomic E-state index is 6.09. The molecular weight excluding hydrogens is 262 g/mol. The Bertz CT molecular complexity index is 425. The number of nitrogens with one attached hydrogen (secondary N) is 1. The number of ether oxygens (including phenoxy) is 2. The molecule has 2 rings (SSSR count). The highest BCUT2D eigenvalue weighted by molar-refractivity contribution is 6.32. The van der Waals surface area contributed by atoms with E-state index in [0.29, 0.717) is 17.0 Å². The highest BCUT2D eigenvalue weighted by Gasteiger charge is 2.33. The van der Waals surface area contributed by atoms with E-state index in [1.165, 1.54) is 5.56 Å². The molecular formula is C15H22ClNO2. The van der Waals surface area contributed by atoms with Gasteiger partial charge in [-0.3, -0.25) is 0 Å². The molecule has 1 heterocycles. The van der Waals surface area contributed by atoms with E-state index in [1.54, 1.807) is 7.11 Å². The van der Waals surface area contributed by atoms with Crippen molar-refractivity contribution in [3.63, 3.8) is 0 Å². The average Bonchev–Trinajstić information content (AvgIpc) is 2.89. The average molecular weight is 284 g/mol. The number of rotatable bonds is 5. The Morgan fingerprint density at radius 1 is 1.53 bits per heavy atom. The van der Waals surface area contributed by atoms with Crippen LogP contribution >= 0.6 is 11.6 Å². The second-order valence-corrected chi connectivity index (χ2v) is 5.34. The summed E-state index contributed by atoms with van der Waals surface area (Å²) in [5.74, 6) is 1.23. The van der Waals surface area contributed by atoms with Gasteiger partial charge < -0.3 is 14.8 Å². The van der Waals surface area contributed by atoms with E-state index in [2.05, 4.69) is 18.3 Å². The lowest BCUT2D eigenvalue weighted by molar-refractivity contribution is 0.0782. The van der Waals surface area contributed by atoms with Crippen molar-refractivity contribution < 1.29 is 9.47 Å². The summed E-state index contributed by atoms with van der Waals surface area (Å²) in [5.41, 5.74) is 1.21. The molecule has 4 heteroatoms. The minimum absolute atomic E-state index is 0.276. The van der Waals surface area contributed by atoms with Crippen LogP contribution in [0, 0.1) is 5.92 Å². The van der Waals surface area contributed by atoms with Crippen molar-refractivity contribution in [2.75, 3.05) is 20.8 Å². The Balaban J connectivity index is 2.26. The molecule has 0 spiro atoms. The van der Waals surface area contributed by atoms with Crippen molar-refractivity contribution in [3.8, 4) is 5.75 Å². The van der Waals surface area contributed by atoms with E-state index in [1.807, 2.05) is 19.2 Å². The summed E-state index contributed by atoms with van der Waals surface area (Å²) in [5, 5.41) is 4.07. The molecule has 0 radical (unpaired) electrons. The SMILES string of the molecule is CCC1OCCC1C(NC)c1ccc(Cl)c(OC)c1. The van der Waals surface area contributed by atoms with Crippen molar-refractivity contribution in [1.29, 1.82) is 0 Å². The minimum Gasteiger partial charge on any atom is -0.495 e. The quantitative estimate of drug-likeness (QED) is 0.898. The Labute approximate surface area is 120 Å².